The molecule has 1 fully saturated rings. The smallest absolute Gasteiger partial charge is 0.338 e. The van der Waals surface area contributed by atoms with Gasteiger partial charge >= 0.3 is 5.97 Å². The highest BCUT2D eigenvalue weighted by Crippen LogP contribution is 2.32. The van der Waals surface area contributed by atoms with Crippen molar-refractivity contribution in [2.24, 2.45) is 0 Å². The van der Waals surface area contributed by atoms with E-state index in [0.29, 0.717) is 11.3 Å². The number of amides is 1. The van der Waals surface area contributed by atoms with E-state index in [1.807, 2.05) is 32.9 Å². The lowest BCUT2D eigenvalue weighted by molar-refractivity contribution is -0.118. The molecule has 0 radical (unpaired) electrons. The molecule has 0 unspecified atom stereocenters. The van der Waals surface area contributed by atoms with Crippen molar-refractivity contribution in [1.82, 2.24) is 5.32 Å². The number of rotatable bonds is 4. The van der Waals surface area contributed by atoms with Crippen LogP contribution >= 0.6 is 0 Å². The average Bonchev–Trinajstić information content (AvgIpc) is 2.78. The number of morpholine rings is 1. The Bertz CT molecular complexity index is 976. The normalized spacial score (nSPS) is 18.6. The van der Waals surface area contributed by atoms with Crippen LogP contribution in [-0.4, -0.2) is 50.3 Å². The van der Waals surface area contributed by atoms with Gasteiger partial charge in [-0.15, -0.1) is 0 Å². The predicted molar refractivity (Wildman–Crippen MR) is 124 cm³/mol. The van der Waals surface area contributed by atoms with E-state index in [4.69, 9.17) is 9.47 Å². The highest BCUT2D eigenvalue weighted by Gasteiger charge is 2.29. The summed E-state index contributed by atoms with van der Waals surface area (Å²) in [7, 11) is 0. The van der Waals surface area contributed by atoms with Gasteiger partial charge in [-0.2, -0.15) is 0 Å². The molecule has 2 N–H and O–H groups in total. The molecule has 0 spiro atoms. The Hall–Kier alpha value is -2.90. The van der Waals surface area contributed by atoms with Crippen LogP contribution < -0.4 is 15.5 Å². The summed E-state index contributed by atoms with van der Waals surface area (Å²) >= 11 is 0. The van der Waals surface area contributed by atoms with E-state index in [1.54, 1.807) is 24.3 Å². The number of anilines is 2. The summed E-state index contributed by atoms with van der Waals surface area (Å²) < 4.78 is 10.9. The average molecular weight is 438 g/mol. The van der Waals surface area contributed by atoms with E-state index in [2.05, 4.69) is 21.6 Å². The highest BCUT2D eigenvalue weighted by molar-refractivity contribution is 5.97. The van der Waals surface area contributed by atoms with E-state index >= 15 is 0 Å². The van der Waals surface area contributed by atoms with Gasteiger partial charge in [0.2, 0.25) is 5.91 Å². The van der Waals surface area contributed by atoms with Crippen molar-refractivity contribution in [2.75, 3.05) is 43.1 Å². The molecular formula is C25H31N3O4. The van der Waals surface area contributed by atoms with E-state index < -0.39 is 11.6 Å². The van der Waals surface area contributed by atoms with Gasteiger partial charge in [0.05, 0.1) is 18.8 Å². The van der Waals surface area contributed by atoms with Gasteiger partial charge in [0, 0.05) is 31.0 Å². The molecule has 1 atom stereocenters. The maximum absolute atomic E-state index is 13.1. The lowest BCUT2D eigenvalue weighted by Gasteiger charge is -2.34. The molecule has 7 heteroatoms. The summed E-state index contributed by atoms with van der Waals surface area (Å²) in [5.41, 5.74) is 3.99. The minimum atomic E-state index is -0.552. The van der Waals surface area contributed by atoms with Gasteiger partial charge in [0.15, 0.2) is 0 Å². The monoisotopic (exact) mass is 437 g/mol. The number of hydrogen-bond donors (Lipinski definition) is 2. The first-order valence-electron chi connectivity index (χ1n) is 11.1. The van der Waals surface area contributed by atoms with Crippen LogP contribution in [0.2, 0.25) is 0 Å². The van der Waals surface area contributed by atoms with Crippen molar-refractivity contribution in [3.05, 3.63) is 59.2 Å². The summed E-state index contributed by atoms with van der Waals surface area (Å²) in [6.07, 6.45) is 0.886. The Labute approximate surface area is 189 Å². The second-order valence-corrected chi connectivity index (χ2v) is 9.15. The summed E-state index contributed by atoms with van der Waals surface area (Å²) in [4.78, 5) is 27.7. The molecule has 170 valence electrons. The molecule has 1 saturated heterocycles. The molecule has 2 aliphatic heterocycles. The molecule has 0 saturated carbocycles. The van der Waals surface area contributed by atoms with Crippen LogP contribution in [0.15, 0.2) is 42.5 Å². The van der Waals surface area contributed by atoms with E-state index in [1.165, 1.54) is 11.3 Å². The second kappa shape index (κ2) is 9.30. The van der Waals surface area contributed by atoms with Crippen LogP contribution in [-0.2, 0) is 20.7 Å². The first kappa shape index (κ1) is 22.3. The molecule has 2 aliphatic rings. The van der Waals surface area contributed by atoms with Crippen molar-refractivity contribution in [3.8, 4) is 0 Å². The summed E-state index contributed by atoms with van der Waals surface area (Å²) in [6, 6.07) is 12.6. The Morgan fingerprint density at radius 2 is 1.81 bits per heavy atom. The number of benzene rings is 2. The molecule has 0 bridgehead atoms. The van der Waals surface area contributed by atoms with E-state index in [-0.39, 0.29) is 11.9 Å². The van der Waals surface area contributed by atoms with Crippen molar-refractivity contribution < 1.29 is 19.1 Å². The maximum atomic E-state index is 13.1. The standard InChI is InChI=1S/C25H31N3O4/c1-25(2,3)32-24(30)17-7-9-18(10-8-17)27-23(29)22-20-5-4-6-21(19(20)11-12-26-22)28-13-15-31-16-14-28/h4-10,22,26H,11-16H2,1-3H3,(H,27,29)/t22-/m0/s1. The summed E-state index contributed by atoms with van der Waals surface area (Å²) in [5.74, 6) is -0.496. The zero-order valence-corrected chi connectivity index (χ0v) is 18.9. The Balaban J connectivity index is 1.48. The first-order valence-corrected chi connectivity index (χ1v) is 11.1. The number of hydrogen-bond acceptors (Lipinski definition) is 6. The van der Waals surface area contributed by atoms with Gasteiger partial charge in [0.1, 0.15) is 11.6 Å². The zero-order chi connectivity index (χ0) is 22.7. The summed E-state index contributed by atoms with van der Waals surface area (Å²) in [5, 5.41) is 6.33. The first-order chi connectivity index (χ1) is 15.3. The topological polar surface area (TPSA) is 79.9 Å². The number of fused-ring (bicyclic) bond motifs is 1. The Morgan fingerprint density at radius 1 is 1.09 bits per heavy atom. The van der Waals surface area contributed by atoms with E-state index in [0.717, 1.165) is 44.8 Å². The van der Waals surface area contributed by atoms with Crippen LogP contribution in [0.4, 0.5) is 11.4 Å². The van der Waals surface area contributed by atoms with Gasteiger partial charge < -0.3 is 25.0 Å². The van der Waals surface area contributed by atoms with Crippen molar-refractivity contribution in [3.63, 3.8) is 0 Å². The summed E-state index contributed by atoms with van der Waals surface area (Å²) in [6.45, 7) is 9.42. The fourth-order valence-corrected chi connectivity index (χ4v) is 4.16. The third kappa shape index (κ3) is 5.11. The van der Waals surface area contributed by atoms with Crippen molar-refractivity contribution in [1.29, 1.82) is 0 Å². The van der Waals surface area contributed by atoms with Gasteiger partial charge in [-0.25, -0.2) is 4.79 Å². The minimum Gasteiger partial charge on any atom is -0.456 e. The molecule has 2 aromatic rings. The van der Waals surface area contributed by atoms with E-state index in [9.17, 15) is 9.59 Å². The van der Waals surface area contributed by atoms with Crippen molar-refractivity contribution >= 4 is 23.3 Å². The van der Waals surface area contributed by atoms with Crippen LogP contribution in [0.25, 0.3) is 0 Å². The molecule has 2 aromatic carbocycles. The molecule has 1 amide bonds. The fraction of sp³-hybridized carbons (Fsp3) is 0.440. The Kier molecular flexibility index (Phi) is 6.48. The van der Waals surface area contributed by atoms with Gasteiger partial charge in [-0.1, -0.05) is 12.1 Å². The number of carbonyl (C=O) groups is 2. The number of esters is 1. The fourth-order valence-electron chi connectivity index (χ4n) is 4.16. The third-order valence-corrected chi connectivity index (χ3v) is 5.62. The lowest BCUT2D eigenvalue weighted by Crippen LogP contribution is -2.41. The molecular weight excluding hydrogens is 406 g/mol. The number of carbonyl (C=O) groups excluding carboxylic acids is 2. The number of ether oxygens (including phenoxy) is 2. The number of nitrogens with one attached hydrogen (secondary N) is 2. The highest BCUT2D eigenvalue weighted by atomic mass is 16.6. The predicted octanol–water partition coefficient (Wildman–Crippen LogP) is 3.30. The lowest BCUT2D eigenvalue weighted by atomic mass is 9.91. The minimum absolute atomic E-state index is 0.116. The van der Waals surface area contributed by atoms with Crippen LogP contribution in [0.1, 0.15) is 48.3 Å². The molecule has 4 rings (SSSR count). The van der Waals surface area contributed by atoms with Crippen molar-refractivity contribution in [2.45, 2.75) is 38.8 Å². The van der Waals surface area contributed by atoms with Crippen LogP contribution in [0.5, 0.6) is 0 Å². The molecule has 7 nitrogen and oxygen atoms in total. The molecule has 0 aromatic heterocycles. The Morgan fingerprint density at radius 3 is 2.50 bits per heavy atom. The van der Waals surface area contributed by atoms with Crippen LogP contribution in [0.3, 0.4) is 0 Å². The molecule has 0 aliphatic carbocycles. The molecule has 32 heavy (non-hydrogen) atoms. The van der Waals surface area contributed by atoms with Gasteiger partial charge in [-0.3, -0.25) is 4.79 Å². The third-order valence-electron chi connectivity index (χ3n) is 5.62. The number of nitrogens with zero attached hydrogens (tertiary/aromatic N) is 1. The largest absolute Gasteiger partial charge is 0.456 e. The second-order valence-electron chi connectivity index (χ2n) is 9.15. The maximum Gasteiger partial charge on any atom is 0.338 e. The molecule has 2 heterocycles. The zero-order valence-electron chi connectivity index (χ0n) is 18.9. The van der Waals surface area contributed by atoms with Crippen LogP contribution in [0, 0.1) is 0 Å². The SMILES string of the molecule is CC(C)(C)OC(=O)c1ccc(NC(=O)[C@H]2NCCc3c2cccc3N2CCOCC2)cc1. The van der Waals surface area contributed by atoms with Gasteiger partial charge in [0.25, 0.3) is 0 Å². The van der Waals surface area contributed by atoms with Gasteiger partial charge in [-0.05, 0) is 68.7 Å². The quantitative estimate of drug-likeness (QED) is 0.715.